The topological polar surface area (TPSA) is 561 Å². The lowest BCUT2D eigenvalue weighted by Crippen LogP contribution is -2.66. The van der Waals surface area contributed by atoms with Crippen molar-refractivity contribution in [1.82, 2.24) is 41.7 Å². The predicted molar refractivity (Wildman–Crippen MR) is 518 cm³/mol. The van der Waals surface area contributed by atoms with Crippen LogP contribution in [0.1, 0.15) is 235 Å². The third-order valence-electron chi connectivity index (χ3n) is 23.6. The van der Waals surface area contributed by atoms with Crippen LogP contribution in [0.25, 0.3) is 0 Å². The van der Waals surface area contributed by atoms with Crippen molar-refractivity contribution in [3.63, 3.8) is 0 Å². The van der Waals surface area contributed by atoms with Gasteiger partial charge in [-0.05, 0) is 105 Å². The van der Waals surface area contributed by atoms with Crippen molar-refractivity contribution < 1.29 is 176 Å². The van der Waals surface area contributed by atoms with E-state index in [-0.39, 0.29) is 115 Å². The Labute approximate surface area is 856 Å². The van der Waals surface area contributed by atoms with Gasteiger partial charge in [-0.1, -0.05) is 93.1 Å². The van der Waals surface area contributed by atoms with Crippen molar-refractivity contribution in [2.24, 2.45) is 0 Å². The number of methoxy groups -OCH3 is 2. The molecule has 147 heavy (non-hydrogen) atoms. The molecule has 3 aromatic rings. The van der Waals surface area contributed by atoms with E-state index in [1.807, 2.05) is 54.6 Å². The maximum absolute atomic E-state index is 15.9. The minimum atomic E-state index is -1.69. The van der Waals surface area contributed by atoms with Crippen LogP contribution in [-0.4, -0.2) is 322 Å². The highest BCUT2D eigenvalue weighted by Gasteiger charge is 2.55. The van der Waals surface area contributed by atoms with Gasteiger partial charge in [0.25, 0.3) is 5.91 Å². The number of hydrogen-bond acceptors (Lipinski definition) is 37. The highest BCUT2D eigenvalue weighted by atomic mass is 16.7. The second kappa shape index (κ2) is 65.9. The van der Waals surface area contributed by atoms with Crippen LogP contribution in [0, 0.1) is 0 Å². The molecule has 3 aliphatic rings. The molecule has 45 heteroatoms. The lowest BCUT2D eigenvalue weighted by molar-refractivity contribution is -0.277. The number of nitrogens with one attached hydrogen (secondary N) is 6. The van der Waals surface area contributed by atoms with E-state index in [0.717, 1.165) is 48.5 Å². The van der Waals surface area contributed by atoms with Crippen LogP contribution >= 0.6 is 0 Å². The van der Waals surface area contributed by atoms with E-state index in [1.165, 1.54) is 60.8 Å². The fraction of sp³-hybridized carbons (Fsp3) is 0.647. The molecule has 3 aliphatic heterocycles. The van der Waals surface area contributed by atoms with Crippen LogP contribution in [-0.2, 0) is 172 Å². The highest BCUT2D eigenvalue weighted by molar-refractivity contribution is 5.86. The van der Waals surface area contributed by atoms with Crippen LogP contribution in [0.4, 0.5) is 0 Å². The van der Waals surface area contributed by atoms with Crippen LogP contribution in [0.2, 0.25) is 0 Å². The van der Waals surface area contributed by atoms with E-state index in [0.29, 0.717) is 118 Å². The molecule has 0 aliphatic carbocycles. The Hall–Kier alpha value is -12.6. The second-order valence-corrected chi connectivity index (χ2v) is 35.6. The molecule has 0 spiro atoms. The summed E-state index contributed by atoms with van der Waals surface area (Å²) in [5.41, 5.74) is 0.237. The van der Waals surface area contributed by atoms with E-state index in [1.54, 1.807) is 29.2 Å². The molecule has 0 aromatic heterocycles. The number of rotatable bonds is 65. The molecular weight excluding hydrogens is 1930 g/mol. The molecule has 3 saturated heterocycles. The largest absolute Gasteiger partial charge is 0.497 e. The van der Waals surface area contributed by atoms with E-state index < -0.39 is 226 Å². The SMILES string of the molecule is CNC(=O)CCC(=O)OC(COC(c1ccccc1)(c1ccc(OC)cc1)c1ccc(OC)cc1)C(=O)N(CCCCN(CCCNC(=O)CCCCCCO[C@@H]1OC(COC(C)=O)[C@H](OC(C)=O)[C@H](OC(C)=O)C1NC(C)=O)C(=O)CCCCCCO[C@@H]1OC(COC(C)=O)[C@H](OC(C)=O)[C@H](OC(C)=O)C1NC(C)=O)CCCNC(=O)CCCCCCO[C@@H]1OC(COC(C)=O)[C@H](OC(C)=O)[C@H](OC(C)=O)C1NC(C)=O. The van der Waals surface area contributed by atoms with E-state index in [2.05, 4.69) is 31.9 Å². The van der Waals surface area contributed by atoms with Crippen molar-refractivity contribution in [1.29, 1.82) is 0 Å². The summed E-state index contributed by atoms with van der Waals surface area (Å²) in [5, 5.41) is 16.4. The Morgan fingerprint density at radius 1 is 0.347 bits per heavy atom. The van der Waals surface area contributed by atoms with E-state index in [4.69, 9.17) is 90.0 Å². The third kappa shape index (κ3) is 44.2. The van der Waals surface area contributed by atoms with Gasteiger partial charge in [-0.25, -0.2) is 0 Å². The van der Waals surface area contributed by atoms with Crippen LogP contribution in [0.15, 0.2) is 78.9 Å². The summed E-state index contributed by atoms with van der Waals surface area (Å²) in [6.07, 6.45) is -10.6. The quantitative estimate of drug-likeness (QED) is 0.0169. The molecule has 3 aromatic carbocycles. The van der Waals surface area contributed by atoms with Gasteiger partial charge in [-0.2, -0.15) is 0 Å². The van der Waals surface area contributed by atoms with Gasteiger partial charge in [0.05, 0.1) is 27.2 Å². The minimum absolute atomic E-state index is 0.000353. The molecule has 16 atom stereocenters. The minimum Gasteiger partial charge on any atom is -0.497 e. The first-order chi connectivity index (χ1) is 70.2. The highest BCUT2D eigenvalue weighted by Crippen LogP contribution is 2.43. The zero-order valence-electron chi connectivity index (χ0n) is 86.8. The van der Waals surface area contributed by atoms with Crippen LogP contribution in [0.5, 0.6) is 11.5 Å². The average molecular weight is 2080 g/mol. The first-order valence-electron chi connectivity index (χ1n) is 49.7. The molecule has 7 unspecified atom stereocenters. The molecule has 6 N–H and O–H groups in total. The first kappa shape index (κ1) is 123. The maximum atomic E-state index is 15.9. The van der Waals surface area contributed by atoms with Crippen molar-refractivity contribution >= 4 is 107 Å². The molecule has 818 valence electrons. The van der Waals surface area contributed by atoms with Gasteiger partial charge in [0.1, 0.15) is 73.4 Å². The number of esters is 10. The van der Waals surface area contributed by atoms with Gasteiger partial charge in [0, 0.05) is 175 Å². The van der Waals surface area contributed by atoms with Crippen molar-refractivity contribution in [3.8, 4) is 11.5 Å². The summed E-state index contributed by atoms with van der Waals surface area (Å²) in [5.74, 6) is -10.1. The molecule has 6 rings (SSSR count). The fourth-order valence-corrected chi connectivity index (χ4v) is 16.9. The third-order valence-corrected chi connectivity index (χ3v) is 23.6. The zero-order chi connectivity index (χ0) is 108. The lowest BCUT2D eigenvalue weighted by Gasteiger charge is -2.44. The molecule has 0 bridgehead atoms. The summed E-state index contributed by atoms with van der Waals surface area (Å²) >= 11 is 0. The first-order valence-corrected chi connectivity index (χ1v) is 49.7. The van der Waals surface area contributed by atoms with Crippen molar-refractivity contribution in [3.05, 3.63) is 95.6 Å². The number of carbonyl (C=O) groups is 18. The molecule has 0 saturated carbocycles. The van der Waals surface area contributed by atoms with Crippen molar-refractivity contribution in [2.45, 2.75) is 322 Å². The van der Waals surface area contributed by atoms with Gasteiger partial charge in [-0.3, -0.25) is 86.3 Å². The maximum Gasteiger partial charge on any atom is 0.307 e. The summed E-state index contributed by atoms with van der Waals surface area (Å²) in [4.78, 5) is 236. The number of nitrogens with zero attached hydrogens (tertiary/aromatic N) is 2. The van der Waals surface area contributed by atoms with Crippen LogP contribution < -0.4 is 41.4 Å². The van der Waals surface area contributed by atoms with Gasteiger partial charge in [0.15, 0.2) is 55.5 Å². The zero-order valence-corrected chi connectivity index (χ0v) is 86.8. The summed E-state index contributed by atoms with van der Waals surface area (Å²) in [7, 11) is 4.46. The number of benzene rings is 3. The number of carbonyl (C=O) groups excluding carboxylic acids is 18. The molecule has 3 fully saturated rings. The Morgan fingerprint density at radius 3 is 1.01 bits per heavy atom. The summed E-state index contributed by atoms with van der Waals surface area (Å²) in [6, 6.07) is 19.9. The molecule has 3 heterocycles. The number of amides is 8. The predicted octanol–water partition coefficient (Wildman–Crippen LogP) is 5.77. The number of hydrogen-bond donors (Lipinski definition) is 6. The number of unbranched alkanes of at least 4 members (excludes halogenated alkanes) is 10. The normalized spacial score (nSPS) is 20.6. The molecule has 45 nitrogen and oxygen atoms in total. The van der Waals surface area contributed by atoms with E-state index in [9.17, 15) is 81.5 Å². The Kier molecular flexibility index (Phi) is 55.2. The Morgan fingerprint density at radius 2 is 0.673 bits per heavy atom. The standard InChI is InChI=1S/C102H148N8O37/c1-63(111)106-89-95(141-72(10)120)92(138-69(7)117)80(59-134-66(4)114)145-99(89)131-56-30-19-16-25-37-85(124)104-50-33-54-109(87(126)39-27-18-21-32-58-133-101-91(108-65(3)113)97(143-74(12)122)94(140-71(9)119)82(147-101)61-136-68(6)116)52-28-29-53-110(55-34-51-105-86(125)38-26-17-20-31-57-132-100-90(107-64(2)112)96(142-73(11)121)93(139-70(8)118)81(146-100)60-135-67(5)115)98(128)83(144-88(127)49-48-84(123)103-13)62-137-102(75-35-23-22-24-36-75,76-40-44-78(129-14)45-41-76)77-42-46-79(130-15)47-43-77/h22-24,35-36,40-47,80-83,89-97,99-101H,16-21,25-34,37-39,48-62H2,1-15H3,(H,103,123)(H,104,124)(H,105,125)(H,106,111)(H,107,112)(H,108,113)/t80?,81?,82?,83?,89?,90?,91?,92-,93-,94-,95+,96+,97+,99+,100+,101+/m0/s1. The molecule has 8 amide bonds. The molecular formula is C102H148N8O37. The van der Waals surface area contributed by atoms with E-state index >= 15 is 4.79 Å². The fourth-order valence-electron chi connectivity index (χ4n) is 16.9. The number of ether oxygens (including phenoxy) is 19. The smallest absolute Gasteiger partial charge is 0.307 e. The lowest BCUT2D eigenvalue weighted by atomic mass is 9.80. The van der Waals surface area contributed by atoms with Gasteiger partial charge in [0.2, 0.25) is 47.5 Å². The van der Waals surface area contributed by atoms with Gasteiger partial charge in [-0.15, -0.1) is 0 Å². The van der Waals surface area contributed by atoms with Crippen molar-refractivity contribution in [2.75, 3.05) is 107 Å². The second-order valence-electron chi connectivity index (χ2n) is 35.6. The Bertz CT molecular complexity index is 4670. The summed E-state index contributed by atoms with van der Waals surface area (Å²) < 4.78 is 110. The van der Waals surface area contributed by atoms with Gasteiger partial charge < -0.3 is 132 Å². The molecule has 0 radical (unpaired) electrons. The van der Waals surface area contributed by atoms with Gasteiger partial charge >= 0.3 is 59.7 Å². The summed E-state index contributed by atoms with van der Waals surface area (Å²) in [6.45, 7) is 12.8. The van der Waals surface area contributed by atoms with Crippen LogP contribution in [0.3, 0.4) is 0 Å². The monoisotopic (exact) mass is 2080 g/mol. The Balaban J connectivity index is 1.22. The average Bonchev–Trinajstić information content (AvgIpc) is 0.748.